The zero-order valence-electron chi connectivity index (χ0n) is 11.3. The van der Waals surface area contributed by atoms with E-state index in [-0.39, 0.29) is 5.56 Å². The van der Waals surface area contributed by atoms with Crippen molar-refractivity contribution in [2.45, 2.75) is 32.1 Å². The summed E-state index contributed by atoms with van der Waals surface area (Å²) in [7, 11) is 1.54. The van der Waals surface area contributed by atoms with Gasteiger partial charge in [-0.25, -0.2) is 15.0 Å². The zero-order valence-corrected chi connectivity index (χ0v) is 11.3. The Kier molecular flexibility index (Phi) is 3.45. The standard InChI is InChI=1S/C14H16N4O2/c1-20-12-7-11(15-8-16-12)13-17-10-6-4-2-3-5-9(10)14(19)18-13/h7-8H,2-6H2,1H3,(H,17,18,19). The van der Waals surface area contributed by atoms with E-state index in [0.717, 1.165) is 43.4 Å². The second-order valence-corrected chi connectivity index (χ2v) is 4.85. The van der Waals surface area contributed by atoms with Crippen LogP contribution >= 0.6 is 0 Å². The first-order valence-electron chi connectivity index (χ1n) is 6.76. The first kappa shape index (κ1) is 12.8. The van der Waals surface area contributed by atoms with Gasteiger partial charge in [-0.3, -0.25) is 4.79 Å². The maximum absolute atomic E-state index is 12.2. The van der Waals surface area contributed by atoms with E-state index in [1.54, 1.807) is 13.2 Å². The van der Waals surface area contributed by atoms with Crippen molar-refractivity contribution in [1.29, 1.82) is 0 Å². The van der Waals surface area contributed by atoms with E-state index >= 15 is 0 Å². The zero-order chi connectivity index (χ0) is 13.9. The smallest absolute Gasteiger partial charge is 0.254 e. The molecule has 1 aliphatic rings. The summed E-state index contributed by atoms with van der Waals surface area (Å²) in [4.78, 5) is 27.7. The number of hydrogen-bond donors (Lipinski definition) is 1. The Bertz CT molecular complexity index is 681. The molecule has 1 aliphatic carbocycles. The van der Waals surface area contributed by atoms with Crippen LogP contribution in [0.2, 0.25) is 0 Å². The Balaban J connectivity index is 2.08. The van der Waals surface area contributed by atoms with Crippen molar-refractivity contribution in [2.75, 3.05) is 7.11 Å². The maximum Gasteiger partial charge on any atom is 0.254 e. The van der Waals surface area contributed by atoms with Crippen LogP contribution in [0.4, 0.5) is 0 Å². The number of methoxy groups -OCH3 is 1. The molecule has 0 saturated carbocycles. The van der Waals surface area contributed by atoms with Gasteiger partial charge >= 0.3 is 0 Å². The summed E-state index contributed by atoms with van der Waals surface area (Å²) in [5.74, 6) is 0.934. The highest BCUT2D eigenvalue weighted by atomic mass is 16.5. The van der Waals surface area contributed by atoms with Gasteiger partial charge in [0, 0.05) is 11.6 Å². The van der Waals surface area contributed by atoms with Crippen LogP contribution in [0.25, 0.3) is 11.5 Å². The topological polar surface area (TPSA) is 80.8 Å². The SMILES string of the molecule is COc1cc(-c2nc3c(c(=O)[nH]2)CCCCC3)ncn1. The van der Waals surface area contributed by atoms with E-state index in [0.29, 0.717) is 17.4 Å². The third-order valence-corrected chi connectivity index (χ3v) is 3.54. The molecule has 0 fully saturated rings. The van der Waals surface area contributed by atoms with Gasteiger partial charge in [0.2, 0.25) is 5.88 Å². The van der Waals surface area contributed by atoms with Crippen LogP contribution in [0.3, 0.4) is 0 Å². The molecule has 2 heterocycles. The molecule has 0 unspecified atom stereocenters. The molecule has 2 aromatic rings. The van der Waals surface area contributed by atoms with Gasteiger partial charge in [0.05, 0.1) is 12.8 Å². The molecule has 0 amide bonds. The van der Waals surface area contributed by atoms with Gasteiger partial charge in [0.15, 0.2) is 5.82 Å². The number of rotatable bonds is 2. The van der Waals surface area contributed by atoms with Gasteiger partial charge in [-0.1, -0.05) is 6.42 Å². The van der Waals surface area contributed by atoms with Crippen LogP contribution in [-0.2, 0) is 12.8 Å². The second-order valence-electron chi connectivity index (χ2n) is 4.85. The number of fused-ring (bicyclic) bond motifs is 1. The summed E-state index contributed by atoms with van der Waals surface area (Å²) < 4.78 is 5.07. The van der Waals surface area contributed by atoms with E-state index in [4.69, 9.17) is 4.74 Å². The summed E-state index contributed by atoms with van der Waals surface area (Å²) in [5, 5.41) is 0. The number of nitrogens with zero attached hydrogens (tertiary/aromatic N) is 3. The van der Waals surface area contributed by atoms with Crippen LogP contribution in [-0.4, -0.2) is 27.0 Å². The largest absolute Gasteiger partial charge is 0.481 e. The third-order valence-electron chi connectivity index (χ3n) is 3.54. The summed E-state index contributed by atoms with van der Waals surface area (Å²) in [6, 6.07) is 1.67. The van der Waals surface area contributed by atoms with Gasteiger partial charge in [-0.15, -0.1) is 0 Å². The fourth-order valence-electron chi connectivity index (χ4n) is 2.48. The molecule has 6 nitrogen and oxygen atoms in total. The Labute approximate surface area is 116 Å². The van der Waals surface area contributed by atoms with Crippen LogP contribution in [0.1, 0.15) is 30.5 Å². The van der Waals surface area contributed by atoms with E-state index in [9.17, 15) is 4.79 Å². The average Bonchev–Trinajstić information content (AvgIpc) is 2.73. The molecule has 0 saturated heterocycles. The van der Waals surface area contributed by atoms with Crippen LogP contribution < -0.4 is 10.3 Å². The highest BCUT2D eigenvalue weighted by molar-refractivity contribution is 5.50. The van der Waals surface area contributed by atoms with Crippen molar-refractivity contribution >= 4 is 0 Å². The molecule has 104 valence electrons. The first-order valence-corrected chi connectivity index (χ1v) is 6.76. The second kappa shape index (κ2) is 5.40. The molecule has 1 N–H and O–H groups in total. The summed E-state index contributed by atoms with van der Waals surface area (Å²) >= 11 is 0. The van der Waals surface area contributed by atoms with Gasteiger partial charge in [0.25, 0.3) is 5.56 Å². The van der Waals surface area contributed by atoms with E-state index in [1.807, 2.05) is 0 Å². The molecule has 0 bridgehead atoms. The minimum absolute atomic E-state index is 0.0514. The van der Waals surface area contributed by atoms with Crippen LogP contribution in [0.15, 0.2) is 17.2 Å². The first-order chi connectivity index (χ1) is 9.78. The number of aromatic amines is 1. The lowest BCUT2D eigenvalue weighted by molar-refractivity contribution is 0.397. The van der Waals surface area contributed by atoms with Crippen molar-refractivity contribution in [2.24, 2.45) is 0 Å². The Morgan fingerprint density at radius 2 is 2.05 bits per heavy atom. The van der Waals surface area contributed by atoms with Crippen LogP contribution in [0, 0.1) is 0 Å². The molecule has 0 atom stereocenters. The number of hydrogen-bond acceptors (Lipinski definition) is 5. The van der Waals surface area contributed by atoms with Crippen molar-refractivity contribution < 1.29 is 4.74 Å². The lowest BCUT2D eigenvalue weighted by atomic mass is 10.1. The number of aryl methyl sites for hydroxylation is 1. The molecular weight excluding hydrogens is 256 g/mol. The van der Waals surface area contributed by atoms with Gasteiger partial charge in [-0.05, 0) is 25.7 Å². The Hall–Kier alpha value is -2.24. The molecule has 0 aromatic carbocycles. The van der Waals surface area contributed by atoms with E-state index in [1.165, 1.54) is 6.33 Å². The fraction of sp³-hybridized carbons (Fsp3) is 0.429. The van der Waals surface area contributed by atoms with Gasteiger partial charge in [0.1, 0.15) is 12.0 Å². The monoisotopic (exact) mass is 272 g/mol. The average molecular weight is 272 g/mol. The fourth-order valence-corrected chi connectivity index (χ4v) is 2.48. The summed E-state index contributed by atoms with van der Waals surface area (Å²) in [5.41, 5.74) is 2.25. The van der Waals surface area contributed by atoms with E-state index in [2.05, 4.69) is 19.9 Å². The molecule has 2 aromatic heterocycles. The molecule has 6 heteroatoms. The highest BCUT2D eigenvalue weighted by Gasteiger charge is 2.15. The molecule has 0 spiro atoms. The lowest BCUT2D eigenvalue weighted by Gasteiger charge is -2.07. The van der Waals surface area contributed by atoms with E-state index < -0.39 is 0 Å². The molecule has 0 radical (unpaired) electrons. The van der Waals surface area contributed by atoms with Crippen LogP contribution in [0.5, 0.6) is 5.88 Å². The minimum Gasteiger partial charge on any atom is -0.481 e. The van der Waals surface area contributed by atoms with Crippen molar-refractivity contribution in [3.05, 3.63) is 34.0 Å². The predicted molar refractivity (Wildman–Crippen MR) is 73.7 cm³/mol. The third kappa shape index (κ3) is 2.41. The number of aromatic nitrogens is 4. The molecular formula is C14H16N4O2. The van der Waals surface area contributed by atoms with Gasteiger partial charge in [-0.2, -0.15) is 0 Å². The maximum atomic E-state index is 12.2. The van der Waals surface area contributed by atoms with Crippen molar-refractivity contribution in [3.63, 3.8) is 0 Å². The minimum atomic E-state index is -0.0514. The van der Waals surface area contributed by atoms with Crippen molar-refractivity contribution in [3.8, 4) is 17.4 Å². The predicted octanol–water partition coefficient (Wildman–Crippen LogP) is 1.50. The quantitative estimate of drug-likeness (QED) is 0.838. The van der Waals surface area contributed by atoms with Gasteiger partial charge < -0.3 is 9.72 Å². The van der Waals surface area contributed by atoms with Crippen molar-refractivity contribution in [1.82, 2.24) is 19.9 Å². The number of ether oxygens (including phenoxy) is 1. The summed E-state index contributed by atoms with van der Waals surface area (Å²) in [6.07, 6.45) is 6.35. The lowest BCUT2D eigenvalue weighted by Crippen LogP contribution is -2.18. The molecule has 20 heavy (non-hydrogen) atoms. The summed E-state index contributed by atoms with van der Waals surface area (Å²) in [6.45, 7) is 0. The number of nitrogens with one attached hydrogen (secondary N) is 1. The Morgan fingerprint density at radius 3 is 2.90 bits per heavy atom. The normalized spacial score (nSPS) is 14.4. The molecule has 3 rings (SSSR count). The number of H-pyrrole nitrogens is 1. The molecule has 0 aliphatic heterocycles. The Morgan fingerprint density at radius 1 is 1.20 bits per heavy atom. The highest BCUT2D eigenvalue weighted by Crippen LogP contribution is 2.19.